The van der Waals surface area contributed by atoms with Gasteiger partial charge in [0.2, 0.25) is 0 Å². The van der Waals surface area contributed by atoms with E-state index in [1.165, 1.54) is 0 Å². The van der Waals surface area contributed by atoms with Crippen molar-refractivity contribution < 1.29 is 15.3 Å². The van der Waals surface area contributed by atoms with Crippen LogP contribution in [0.3, 0.4) is 0 Å². The fourth-order valence-electron chi connectivity index (χ4n) is 6.29. The van der Waals surface area contributed by atoms with Crippen LogP contribution < -0.4 is 0 Å². The van der Waals surface area contributed by atoms with Gasteiger partial charge in [-0.15, -0.1) is 6.58 Å². The lowest BCUT2D eigenvalue weighted by Gasteiger charge is -2.67. The first-order valence-electron chi connectivity index (χ1n) is 9.29. The highest BCUT2D eigenvalue weighted by Crippen LogP contribution is 2.66. The van der Waals surface area contributed by atoms with Gasteiger partial charge in [-0.2, -0.15) is 0 Å². The van der Waals surface area contributed by atoms with Crippen molar-refractivity contribution in [2.75, 3.05) is 6.61 Å². The zero-order valence-corrected chi connectivity index (χ0v) is 15.0. The highest BCUT2D eigenvalue weighted by molar-refractivity contribution is 5.18. The minimum atomic E-state index is -0.769. The molecule has 0 amide bonds. The second-order valence-corrected chi connectivity index (χ2v) is 9.53. The van der Waals surface area contributed by atoms with Crippen LogP contribution in [0.25, 0.3) is 0 Å². The molecule has 3 nitrogen and oxygen atoms in total. The van der Waals surface area contributed by atoms with Gasteiger partial charge in [0.25, 0.3) is 0 Å². The van der Waals surface area contributed by atoms with E-state index in [1.54, 1.807) is 0 Å². The van der Waals surface area contributed by atoms with E-state index in [1.807, 2.05) is 6.08 Å². The van der Waals surface area contributed by atoms with E-state index in [2.05, 4.69) is 27.4 Å². The van der Waals surface area contributed by atoms with Gasteiger partial charge in [-0.05, 0) is 67.6 Å². The lowest BCUT2D eigenvalue weighted by Crippen LogP contribution is -2.69. The zero-order valence-electron chi connectivity index (χ0n) is 15.0. The highest BCUT2D eigenvalue weighted by atomic mass is 16.3. The summed E-state index contributed by atoms with van der Waals surface area (Å²) < 4.78 is 0. The van der Waals surface area contributed by atoms with Gasteiger partial charge in [-0.3, -0.25) is 0 Å². The summed E-state index contributed by atoms with van der Waals surface area (Å²) in [7, 11) is 0. The second kappa shape index (κ2) is 5.31. The van der Waals surface area contributed by atoms with Gasteiger partial charge in [-0.1, -0.05) is 26.8 Å². The van der Waals surface area contributed by atoms with Gasteiger partial charge >= 0.3 is 0 Å². The van der Waals surface area contributed by atoms with E-state index in [9.17, 15) is 15.3 Å². The Hall–Kier alpha value is -0.380. The topological polar surface area (TPSA) is 60.7 Å². The molecule has 0 aromatic heterocycles. The minimum absolute atomic E-state index is 0.0157. The molecule has 3 aliphatic carbocycles. The molecule has 0 bridgehead atoms. The molecule has 0 heterocycles. The first-order chi connectivity index (χ1) is 10.6. The van der Waals surface area contributed by atoms with E-state index in [4.69, 9.17) is 0 Å². The lowest BCUT2D eigenvalue weighted by molar-refractivity contribution is -0.267. The van der Waals surface area contributed by atoms with Crippen molar-refractivity contribution >= 4 is 0 Å². The molecular formula is C20H34O3. The average Bonchev–Trinajstić information content (AvgIpc) is 2.52. The number of hydrogen-bond donors (Lipinski definition) is 3. The van der Waals surface area contributed by atoms with E-state index >= 15 is 0 Å². The zero-order chi connectivity index (χ0) is 17.1. The van der Waals surface area contributed by atoms with Crippen molar-refractivity contribution in [3.05, 3.63) is 12.7 Å². The molecule has 3 aliphatic rings. The summed E-state index contributed by atoms with van der Waals surface area (Å²) in [6, 6.07) is 0. The normalized spacial score (nSPS) is 56.5. The predicted octanol–water partition coefficient (Wildman–Crippen LogP) is 3.28. The van der Waals surface area contributed by atoms with Crippen LogP contribution in [0.5, 0.6) is 0 Å². The van der Waals surface area contributed by atoms with Gasteiger partial charge in [0.05, 0.1) is 11.7 Å². The van der Waals surface area contributed by atoms with Crippen molar-refractivity contribution in [3.63, 3.8) is 0 Å². The SMILES string of the molecule is C=C[C@]1(C)CC[C@]2(C)[C@@H](C1)[C@@H](O)C[C@H]1[C@@](C)(CO)CCC[C@@]12O. The average molecular weight is 322 g/mol. The standard InChI is InChI=1S/C20H34O3/c1-5-17(2)9-10-19(4)14(12-17)15(22)11-16-18(3,13-21)7-6-8-20(16,19)23/h5,14-16,21-23H,1,6-13H2,2-4H3/t14-,15-,16-,17+,18+,19+,20+/m0/s1. The van der Waals surface area contributed by atoms with Crippen molar-refractivity contribution in [1.29, 1.82) is 0 Å². The van der Waals surface area contributed by atoms with Gasteiger partial charge in [-0.25, -0.2) is 0 Å². The molecular weight excluding hydrogens is 288 g/mol. The summed E-state index contributed by atoms with van der Waals surface area (Å²) in [6.45, 7) is 10.6. The van der Waals surface area contributed by atoms with E-state index in [-0.39, 0.29) is 34.7 Å². The van der Waals surface area contributed by atoms with Crippen molar-refractivity contribution in [2.24, 2.45) is 28.1 Å². The summed E-state index contributed by atoms with van der Waals surface area (Å²) in [5, 5.41) is 32.8. The quantitative estimate of drug-likeness (QED) is 0.684. The maximum absolute atomic E-state index is 11.8. The summed E-state index contributed by atoms with van der Waals surface area (Å²) in [4.78, 5) is 0. The van der Waals surface area contributed by atoms with Crippen LogP contribution in [0.15, 0.2) is 12.7 Å². The predicted molar refractivity (Wildman–Crippen MR) is 91.9 cm³/mol. The Kier molecular flexibility index (Phi) is 4.02. The van der Waals surface area contributed by atoms with Gasteiger partial charge in [0.1, 0.15) is 0 Å². The third kappa shape index (κ3) is 2.26. The molecule has 0 aromatic rings. The Morgan fingerprint density at radius 3 is 2.43 bits per heavy atom. The van der Waals surface area contributed by atoms with Crippen LogP contribution in [-0.4, -0.2) is 33.6 Å². The molecule has 0 spiro atoms. The summed E-state index contributed by atoms with van der Waals surface area (Å²) in [5.41, 5.74) is -1.26. The van der Waals surface area contributed by atoms with E-state index in [0.29, 0.717) is 6.42 Å². The Bertz CT molecular complexity index is 491. The number of allylic oxidation sites excluding steroid dienone is 1. The second-order valence-electron chi connectivity index (χ2n) is 9.53. The molecule has 0 saturated heterocycles. The van der Waals surface area contributed by atoms with Crippen LogP contribution in [0.4, 0.5) is 0 Å². The number of hydrogen-bond acceptors (Lipinski definition) is 3. The summed E-state index contributed by atoms with van der Waals surface area (Å²) >= 11 is 0. The van der Waals surface area contributed by atoms with E-state index in [0.717, 1.165) is 38.5 Å². The molecule has 3 saturated carbocycles. The molecule has 0 radical (unpaired) electrons. The molecule has 0 aromatic carbocycles. The molecule has 0 aliphatic heterocycles. The Morgan fingerprint density at radius 2 is 1.83 bits per heavy atom. The third-order valence-corrected chi connectivity index (χ3v) is 8.23. The van der Waals surface area contributed by atoms with Gasteiger partial charge in [0.15, 0.2) is 0 Å². The summed E-state index contributed by atoms with van der Waals surface area (Å²) in [6.07, 6.45) is 7.79. The molecule has 3 fully saturated rings. The Balaban J connectivity index is 2.02. The van der Waals surface area contributed by atoms with E-state index < -0.39 is 11.7 Å². The minimum Gasteiger partial charge on any atom is -0.396 e. The van der Waals surface area contributed by atoms with Crippen LogP contribution in [0.2, 0.25) is 0 Å². The molecule has 3 heteroatoms. The highest BCUT2D eigenvalue weighted by Gasteiger charge is 2.66. The molecule has 7 atom stereocenters. The molecule has 3 rings (SSSR count). The fraction of sp³-hybridized carbons (Fsp3) is 0.900. The number of aliphatic hydroxyl groups is 3. The van der Waals surface area contributed by atoms with Crippen molar-refractivity contribution in [3.8, 4) is 0 Å². The first kappa shape index (κ1) is 17.4. The fourth-order valence-corrected chi connectivity index (χ4v) is 6.29. The summed E-state index contributed by atoms with van der Waals surface area (Å²) in [5.74, 6) is 0.0969. The Morgan fingerprint density at radius 1 is 1.13 bits per heavy atom. The largest absolute Gasteiger partial charge is 0.396 e. The molecule has 3 N–H and O–H groups in total. The maximum atomic E-state index is 11.8. The van der Waals surface area contributed by atoms with Crippen molar-refractivity contribution in [2.45, 2.75) is 77.4 Å². The maximum Gasteiger partial charge on any atom is 0.0739 e. The van der Waals surface area contributed by atoms with Crippen LogP contribution in [0, 0.1) is 28.1 Å². The lowest BCUT2D eigenvalue weighted by atomic mass is 9.41. The Labute approximate surface area is 140 Å². The number of aliphatic hydroxyl groups excluding tert-OH is 2. The van der Waals surface area contributed by atoms with Crippen molar-refractivity contribution in [1.82, 2.24) is 0 Å². The first-order valence-corrected chi connectivity index (χ1v) is 9.29. The van der Waals surface area contributed by atoms with Gasteiger partial charge < -0.3 is 15.3 Å². The van der Waals surface area contributed by atoms with Crippen LogP contribution in [-0.2, 0) is 0 Å². The third-order valence-electron chi connectivity index (χ3n) is 8.23. The van der Waals surface area contributed by atoms with Gasteiger partial charge in [0, 0.05) is 12.0 Å². The molecule has 132 valence electrons. The number of fused-ring (bicyclic) bond motifs is 3. The van der Waals surface area contributed by atoms with Crippen LogP contribution in [0.1, 0.15) is 65.7 Å². The number of rotatable bonds is 2. The molecule has 0 unspecified atom stereocenters. The monoisotopic (exact) mass is 322 g/mol. The smallest absolute Gasteiger partial charge is 0.0739 e. The molecule has 23 heavy (non-hydrogen) atoms. The van der Waals surface area contributed by atoms with Crippen LogP contribution >= 0.6 is 0 Å².